The zero-order valence-corrected chi connectivity index (χ0v) is 11.9. The van der Waals surface area contributed by atoms with Gasteiger partial charge in [-0.2, -0.15) is 0 Å². The van der Waals surface area contributed by atoms with Gasteiger partial charge in [0.15, 0.2) is 0 Å². The first kappa shape index (κ1) is 13.6. The van der Waals surface area contributed by atoms with Crippen molar-refractivity contribution in [3.63, 3.8) is 0 Å². The highest BCUT2D eigenvalue weighted by atomic mass is 15.2. The molecule has 18 heavy (non-hydrogen) atoms. The van der Waals surface area contributed by atoms with Crippen molar-refractivity contribution in [3.8, 4) is 0 Å². The van der Waals surface area contributed by atoms with Crippen molar-refractivity contribution in [3.05, 3.63) is 35.4 Å². The highest BCUT2D eigenvalue weighted by Crippen LogP contribution is 2.28. The summed E-state index contributed by atoms with van der Waals surface area (Å²) >= 11 is 0. The molecule has 1 fully saturated rings. The van der Waals surface area contributed by atoms with Crippen LogP contribution in [0.2, 0.25) is 0 Å². The molecule has 2 unspecified atom stereocenters. The molecule has 2 atom stereocenters. The average Bonchev–Trinajstić information content (AvgIpc) is 2.85. The summed E-state index contributed by atoms with van der Waals surface area (Å²) in [5.74, 6) is 0.830. The Hall–Kier alpha value is -0.860. The lowest BCUT2D eigenvalue weighted by Crippen LogP contribution is -2.28. The second-order valence-electron chi connectivity index (χ2n) is 5.49. The molecule has 1 aliphatic rings. The standard InChI is InChI=1S/C16H26N2/c1-4-17-11-15-9-10-18(12-15)14(3)16-8-6-5-7-13(16)2/h5-8,14-15,17H,4,9-12H2,1-3H3. The third-order valence-electron chi connectivity index (χ3n) is 4.19. The Kier molecular flexibility index (Phi) is 4.79. The van der Waals surface area contributed by atoms with Gasteiger partial charge in [0.05, 0.1) is 0 Å². The lowest BCUT2D eigenvalue weighted by atomic mass is 10.0. The minimum absolute atomic E-state index is 0.554. The van der Waals surface area contributed by atoms with Crippen LogP contribution >= 0.6 is 0 Å². The molecule has 1 saturated heterocycles. The Balaban J connectivity index is 1.95. The minimum atomic E-state index is 0.554. The van der Waals surface area contributed by atoms with Crippen molar-refractivity contribution < 1.29 is 0 Å². The normalized spacial score (nSPS) is 22.3. The minimum Gasteiger partial charge on any atom is -0.317 e. The summed E-state index contributed by atoms with van der Waals surface area (Å²) in [6.07, 6.45) is 1.34. The molecule has 1 aromatic rings. The number of rotatable bonds is 5. The molecule has 1 heterocycles. The molecule has 1 N–H and O–H groups in total. The zero-order valence-electron chi connectivity index (χ0n) is 11.9. The van der Waals surface area contributed by atoms with Gasteiger partial charge in [0, 0.05) is 12.6 Å². The van der Waals surface area contributed by atoms with E-state index in [0.29, 0.717) is 6.04 Å². The van der Waals surface area contributed by atoms with Crippen LogP contribution in [0, 0.1) is 12.8 Å². The van der Waals surface area contributed by atoms with Gasteiger partial charge in [-0.3, -0.25) is 4.90 Å². The molecule has 0 amide bonds. The monoisotopic (exact) mass is 246 g/mol. The molecule has 0 aromatic heterocycles. The summed E-state index contributed by atoms with van der Waals surface area (Å²) in [5.41, 5.74) is 2.90. The van der Waals surface area contributed by atoms with E-state index in [2.05, 4.69) is 55.3 Å². The van der Waals surface area contributed by atoms with Gasteiger partial charge in [0.2, 0.25) is 0 Å². The maximum absolute atomic E-state index is 3.47. The van der Waals surface area contributed by atoms with Crippen LogP contribution in [0.3, 0.4) is 0 Å². The Morgan fingerprint density at radius 3 is 2.89 bits per heavy atom. The van der Waals surface area contributed by atoms with Crippen molar-refractivity contribution >= 4 is 0 Å². The lowest BCUT2D eigenvalue weighted by molar-refractivity contribution is 0.251. The van der Waals surface area contributed by atoms with Crippen LogP contribution in [-0.4, -0.2) is 31.1 Å². The molecule has 0 saturated carbocycles. The number of likely N-dealkylation sites (tertiary alicyclic amines) is 1. The van der Waals surface area contributed by atoms with E-state index in [0.717, 1.165) is 12.5 Å². The molecule has 1 aliphatic heterocycles. The summed E-state index contributed by atoms with van der Waals surface area (Å²) in [4.78, 5) is 2.63. The molecule has 2 heteroatoms. The second-order valence-corrected chi connectivity index (χ2v) is 5.49. The van der Waals surface area contributed by atoms with Crippen molar-refractivity contribution in [2.75, 3.05) is 26.2 Å². The summed E-state index contributed by atoms with van der Waals surface area (Å²) in [6, 6.07) is 9.34. The van der Waals surface area contributed by atoms with E-state index in [9.17, 15) is 0 Å². The summed E-state index contributed by atoms with van der Waals surface area (Å²) in [5, 5.41) is 3.47. The fourth-order valence-electron chi connectivity index (χ4n) is 2.98. The van der Waals surface area contributed by atoms with Gasteiger partial charge in [-0.15, -0.1) is 0 Å². The van der Waals surface area contributed by atoms with Crippen molar-refractivity contribution in [2.45, 2.75) is 33.2 Å². The molecule has 2 nitrogen and oxygen atoms in total. The maximum Gasteiger partial charge on any atom is 0.0322 e. The molecular formula is C16H26N2. The second kappa shape index (κ2) is 6.35. The van der Waals surface area contributed by atoms with Gasteiger partial charge < -0.3 is 5.32 Å². The van der Waals surface area contributed by atoms with Crippen molar-refractivity contribution in [1.82, 2.24) is 10.2 Å². The van der Waals surface area contributed by atoms with Crippen LogP contribution in [0.1, 0.15) is 37.4 Å². The Morgan fingerprint density at radius 1 is 1.39 bits per heavy atom. The molecule has 0 radical (unpaired) electrons. The van der Waals surface area contributed by atoms with E-state index < -0.39 is 0 Å². The van der Waals surface area contributed by atoms with E-state index in [1.165, 1.54) is 37.2 Å². The highest BCUT2D eigenvalue weighted by Gasteiger charge is 2.26. The molecular weight excluding hydrogens is 220 g/mol. The van der Waals surface area contributed by atoms with E-state index >= 15 is 0 Å². The van der Waals surface area contributed by atoms with Gasteiger partial charge >= 0.3 is 0 Å². The van der Waals surface area contributed by atoms with Gasteiger partial charge in [0.25, 0.3) is 0 Å². The number of nitrogens with zero attached hydrogens (tertiary/aromatic N) is 1. The molecule has 2 rings (SSSR count). The van der Waals surface area contributed by atoms with E-state index in [1.807, 2.05) is 0 Å². The average molecular weight is 246 g/mol. The highest BCUT2D eigenvalue weighted by molar-refractivity contribution is 5.28. The van der Waals surface area contributed by atoms with Gasteiger partial charge in [-0.05, 0) is 56.9 Å². The number of benzene rings is 1. The molecule has 0 aliphatic carbocycles. The van der Waals surface area contributed by atoms with Gasteiger partial charge in [-0.1, -0.05) is 31.2 Å². The molecule has 1 aromatic carbocycles. The Morgan fingerprint density at radius 2 is 2.17 bits per heavy atom. The maximum atomic E-state index is 3.47. The first-order valence-electron chi connectivity index (χ1n) is 7.22. The summed E-state index contributed by atoms with van der Waals surface area (Å²) in [6.45, 7) is 11.5. The van der Waals surface area contributed by atoms with Crippen LogP contribution in [0.15, 0.2) is 24.3 Å². The topological polar surface area (TPSA) is 15.3 Å². The van der Waals surface area contributed by atoms with Crippen LogP contribution in [0.5, 0.6) is 0 Å². The Bertz CT molecular complexity index is 375. The lowest BCUT2D eigenvalue weighted by Gasteiger charge is -2.26. The third kappa shape index (κ3) is 3.12. The Labute approximate surface area is 111 Å². The van der Waals surface area contributed by atoms with Crippen molar-refractivity contribution in [1.29, 1.82) is 0 Å². The van der Waals surface area contributed by atoms with E-state index in [1.54, 1.807) is 0 Å². The van der Waals surface area contributed by atoms with Gasteiger partial charge in [0.1, 0.15) is 0 Å². The molecule has 0 spiro atoms. The summed E-state index contributed by atoms with van der Waals surface area (Å²) in [7, 11) is 0. The van der Waals surface area contributed by atoms with Crippen LogP contribution < -0.4 is 5.32 Å². The van der Waals surface area contributed by atoms with Crippen LogP contribution in [0.25, 0.3) is 0 Å². The zero-order chi connectivity index (χ0) is 13.0. The quantitative estimate of drug-likeness (QED) is 0.859. The predicted octanol–water partition coefficient (Wildman–Crippen LogP) is 2.99. The molecule has 0 bridgehead atoms. The fraction of sp³-hybridized carbons (Fsp3) is 0.625. The fourth-order valence-corrected chi connectivity index (χ4v) is 2.98. The smallest absolute Gasteiger partial charge is 0.0322 e. The number of aryl methyl sites for hydroxylation is 1. The first-order chi connectivity index (χ1) is 8.72. The van der Waals surface area contributed by atoms with Crippen LogP contribution in [0.4, 0.5) is 0 Å². The number of hydrogen-bond acceptors (Lipinski definition) is 2. The number of nitrogens with one attached hydrogen (secondary N) is 1. The number of hydrogen-bond donors (Lipinski definition) is 1. The first-order valence-corrected chi connectivity index (χ1v) is 7.22. The van der Waals surface area contributed by atoms with Crippen LogP contribution in [-0.2, 0) is 0 Å². The van der Waals surface area contributed by atoms with E-state index in [-0.39, 0.29) is 0 Å². The SMILES string of the molecule is CCNCC1CCN(C(C)c2ccccc2C)C1. The van der Waals surface area contributed by atoms with Crippen molar-refractivity contribution in [2.24, 2.45) is 5.92 Å². The van der Waals surface area contributed by atoms with E-state index in [4.69, 9.17) is 0 Å². The van der Waals surface area contributed by atoms with Gasteiger partial charge in [-0.25, -0.2) is 0 Å². The largest absolute Gasteiger partial charge is 0.317 e. The molecule has 100 valence electrons. The summed E-state index contributed by atoms with van der Waals surface area (Å²) < 4.78 is 0. The predicted molar refractivity (Wildman–Crippen MR) is 77.8 cm³/mol. The third-order valence-corrected chi connectivity index (χ3v) is 4.19.